The van der Waals surface area contributed by atoms with Crippen molar-refractivity contribution in [2.45, 2.75) is 13.8 Å². The van der Waals surface area contributed by atoms with E-state index in [4.69, 9.17) is 14.2 Å². The molecule has 0 spiro atoms. The molecule has 30 heavy (non-hydrogen) atoms. The van der Waals surface area contributed by atoms with Crippen LogP contribution in [0.4, 0.5) is 5.00 Å². The quantitative estimate of drug-likeness (QED) is 0.518. The SMILES string of the molecule is CCOC(=O)c1c(NC(=O)COc2ccc(OC)cc2)sc(C)c1-c1ccccc1. The number of aryl methyl sites for hydroxylation is 1. The first-order chi connectivity index (χ1) is 14.5. The van der Waals surface area contributed by atoms with E-state index in [9.17, 15) is 9.59 Å². The molecular formula is C23H23NO5S. The normalized spacial score (nSPS) is 10.4. The van der Waals surface area contributed by atoms with Crippen molar-refractivity contribution in [1.29, 1.82) is 0 Å². The minimum Gasteiger partial charge on any atom is -0.497 e. The Kier molecular flexibility index (Phi) is 7.08. The van der Waals surface area contributed by atoms with E-state index in [1.54, 1.807) is 38.3 Å². The topological polar surface area (TPSA) is 73.9 Å². The van der Waals surface area contributed by atoms with Gasteiger partial charge in [-0.1, -0.05) is 30.3 Å². The molecule has 0 radical (unpaired) electrons. The van der Waals surface area contributed by atoms with Crippen molar-refractivity contribution in [2.75, 3.05) is 25.6 Å². The fraction of sp³-hybridized carbons (Fsp3) is 0.217. The van der Waals surface area contributed by atoms with Gasteiger partial charge in [0.15, 0.2) is 6.61 Å². The first-order valence-electron chi connectivity index (χ1n) is 9.46. The second kappa shape index (κ2) is 9.93. The number of ether oxygens (including phenoxy) is 3. The molecule has 1 heterocycles. The lowest BCUT2D eigenvalue weighted by Gasteiger charge is -2.10. The Morgan fingerprint density at radius 3 is 2.30 bits per heavy atom. The summed E-state index contributed by atoms with van der Waals surface area (Å²) in [5.41, 5.74) is 2.03. The molecule has 2 aromatic carbocycles. The van der Waals surface area contributed by atoms with E-state index in [1.807, 2.05) is 37.3 Å². The first-order valence-corrected chi connectivity index (χ1v) is 10.3. The number of carbonyl (C=O) groups excluding carboxylic acids is 2. The summed E-state index contributed by atoms with van der Waals surface area (Å²) in [6.45, 7) is 3.72. The van der Waals surface area contributed by atoms with Gasteiger partial charge in [0.2, 0.25) is 0 Å². The fourth-order valence-corrected chi connectivity index (χ4v) is 4.05. The van der Waals surface area contributed by atoms with Crippen molar-refractivity contribution >= 4 is 28.2 Å². The van der Waals surface area contributed by atoms with Crippen molar-refractivity contribution in [1.82, 2.24) is 0 Å². The van der Waals surface area contributed by atoms with Crippen LogP contribution in [0.25, 0.3) is 11.1 Å². The van der Waals surface area contributed by atoms with Crippen LogP contribution in [0.1, 0.15) is 22.2 Å². The molecule has 0 saturated carbocycles. The Balaban J connectivity index is 1.80. The Bertz CT molecular complexity index is 1010. The van der Waals surface area contributed by atoms with Crippen LogP contribution >= 0.6 is 11.3 Å². The summed E-state index contributed by atoms with van der Waals surface area (Å²) in [6, 6.07) is 16.5. The molecule has 0 atom stereocenters. The monoisotopic (exact) mass is 425 g/mol. The molecule has 0 fully saturated rings. The molecule has 0 unspecified atom stereocenters. The second-order valence-corrected chi connectivity index (χ2v) is 7.56. The largest absolute Gasteiger partial charge is 0.497 e. The molecule has 3 aromatic rings. The molecule has 3 rings (SSSR count). The van der Waals surface area contributed by atoms with Gasteiger partial charge in [-0.15, -0.1) is 11.3 Å². The van der Waals surface area contributed by atoms with Crippen LogP contribution in [-0.4, -0.2) is 32.2 Å². The number of esters is 1. The molecule has 0 bridgehead atoms. The van der Waals surface area contributed by atoms with Gasteiger partial charge in [-0.3, -0.25) is 4.79 Å². The average molecular weight is 426 g/mol. The zero-order chi connectivity index (χ0) is 21.5. The number of nitrogens with one attached hydrogen (secondary N) is 1. The van der Waals surface area contributed by atoms with Gasteiger partial charge in [0.25, 0.3) is 5.91 Å². The third kappa shape index (κ3) is 4.99. The van der Waals surface area contributed by atoms with Crippen molar-refractivity contribution in [3.05, 3.63) is 65.0 Å². The van der Waals surface area contributed by atoms with Crippen LogP contribution in [0.2, 0.25) is 0 Å². The lowest BCUT2D eigenvalue weighted by atomic mass is 10.0. The van der Waals surface area contributed by atoms with Gasteiger partial charge in [0.05, 0.1) is 13.7 Å². The van der Waals surface area contributed by atoms with Crippen LogP contribution in [0.5, 0.6) is 11.5 Å². The number of hydrogen-bond acceptors (Lipinski definition) is 6. The Labute approximate surface area is 179 Å². The number of methoxy groups -OCH3 is 1. The number of amides is 1. The summed E-state index contributed by atoms with van der Waals surface area (Å²) in [4.78, 5) is 26.1. The van der Waals surface area contributed by atoms with Crippen molar-refractivity contribution in [2.24, 2.45) is 0 Å². The number of anilines is 1. The van der Waals surface area contributed by atoms with E-state index in [1.165, 1.54) is 11.3 Å². The molecule has 1 amide bonds. The van der Waals surface area contributed by atoms with Gasteiger partial charge in [-0.05, 0) is 43.7 Å². The molecule has 6 nitrogen and oxygen atoms in total. The summed E-state index contributed by atoms with van der Waals surface area (Å²) in [7, 11) is 1.58. The van der Waals surface area contributed by atoms with Gasteiger partial charge in [-0.2, -0.15) is 0 Å². The summed E-state index contributed by atoms with van der Waals surface area (Å²) >= 11 is 1.34. The van der Waals surface area contributed by atoms with Crippen molar-refractivity contribution < 1.29 is 23.8 Å². The highest BCUT2D eigenvalue weighted by atomic mass is 32.1. The van der Waals surface area contributed by atoms with E-state index in [0.717, 1.165) is 16.0 Å². The third-order valence-corrected chi connectivity index (χ3v) is 5.33. The lowest BCUT2D eigenvalue weighted by molar-refractivity contribution is -0.118. The van der Waals surface area contributed by atoms with Crippen LogP contribution in [0, 0.1) is 6.92 Å². The van der Waals surface area contributed by atoms with Crippen LogP contribution in [0.15, 0.2) is 54.6 Å². The van der Waals surface area contributed by atoms with Crippen molar-refractivity contribution in [3.8, 4) is 22.6 Å². The third-order valence-electron chi connectivity index (χ3n) is 4.31. The maximum Gasteiger partial charge on any atom is 0.341 e. The van der Waals surface area contributed by atoms with Gasteiger partial charge in [0.1, 0.15) is 22.1 Å². The maximum absolute atomic E-state index is 12.7. The lowest BCUT2D eigenvalue weighted by Crippen LogP contribution is -2.21. The molecule has 0 aliphatic carbocycles. The molecular weight excluding hydrogens is 402 g/mol. The minimum atomic E-state index is -0.466. The summed E-state index contributed by atoms with van der Waals surface area (Å²) < 4.78 is 15.9. The first kappa shape index (κ1) is 21.4. The highest BCUT2D eigenvalue weighted by Gasteiger charge is 2.25. The standard InChI is InChI=1S/C23H23NO5S/c1-4-28-23(26)21-20(16-8-6-5-7-9-16)15(2)30-22(21)24-19(25)14-29-18-12-10-17(27-3)11-13-18/h5-13H,4,14H2,1-3H3,(H,24,25). The number of benzene rings is 2. The second-order valence-electron chi connectivity index (χ2n) is 6.34. The highest BCUT2D eigenvalue weighted by Crippen LogP contribution is 2.40. The molecule has 1 aromatic heterocycles. The zero-order valence-electron chi connectivity index (χ0n) is 17.1. The van der Waals surface area contributed by atoms with Gasteiger partial charge in [-0.25, -0.2) is 4.79 Å². The zero-order valence-corrected chi connectivity index (χ0v) is 17.9. The van der Waals surface area contributed by atoms with Crippen LogP contribution in [0.3, 0.4) is 0 Å². The van der Waals surface area contributed by atoms with E-state index < -0.39 is 5.97 Å². The van der Waals surface area contributed by atoms with Gasteiger partial charge in [0, 0.05) is 10.4 Å². The molecule has 0 aliphatic rings. The van der Waals surface area contributed by atoms with E-state index in [-0.39, 0.29) is 19.1 Å². The molecule has 0 aliphatic heterocycles. The van der Waals surface area contributed by atoms with Crippen LogP contribution in [-0.2, 0) is 9.53 Å². The minimum absolute atomic E-state index is 0.188. The van der Waals surface area contributed by atoms with Gasteiger partial charge >= 0.3 is 5.97 Å². The summed E-state index contributed by atoms with van der Waals surface area (Å²) in [6.07, 6.45) is 0. The summed E-state index contributed by atoms with van der Waals surface area (Å²) in [5, 5.41) is 3.25. The molecule has 0 saturated heterocycles. The summed E-state index contributed by atoms with van der Waals surface area (Å²) in [5.74, 6) is 0.418. The maximum atomic E-state index is 12.7. The number of hydrogen-bond donors (Lipinski definition) is 1. The average Bonchev–Trinajstić information content (AvgIpc) is 3.09. The van der Waals surface area contributed by atoms with E-state index in [2.05, 4.69) is 5.32 Å². The number of rotatable bonds is 8. The molecule has 1 N–H and O–H groups in total. The van der Waals surface area contributed by atoms with Gasteiger partial charge < -0.3 is 19.5 Å². The Morgan fingerprint density at radius 1 is 1.00 bits per heavy atom. The Morgan fingerprint density at radius 2 is 1.67 bits per heavy atom. The highest BCUT2D eigenvalue weighted by molar-refractivity contribution is 7.17. The van der Waals surface area contributed by atoms with E-state index >= 15 is 0 Å². The van der Waals surface area contributed by atoms with E-state index in [0.29, 0.717) is 22.1 Å². The fourth-order valence-electron chi connectivity index (χ4n) is 2.97. The molecule has 156 valence electrons. The Hall–Kier alpha value is -3.32. The van der Waals surface area contributed by atoms with Crippen LogP contribution < -0.4 is 14.8 Å². The number of thiophene rings is 1. The van der Waals surface area contributed by atoms with Crippen molar-refractivity contribution in [3.63, 3.8) is 0 Å². The number of carbonyl (C=O) groups is 2. The molecule has 7 heteroatoms. The smallest absolute Gasteiger partial charge is 0.341 e. The predicted molar refractivity (Wildman–Crippen MR) is 118 cm³/mol. The predicted octanol–water partition coefficient (Wildman–Crippen LogP) is 4.93.